The number of methoxy groups -OCH3 is 1. The van der Waals surface area contributed by atoms with Crippen LogP contribution in [0.5, 0.6) is 0 Å². The van der Waals surface area contributed by atoms with Crippen LogP contribution in [0.15, 0.2) is 35.5 Å². The number of carbonyl (C=O) groups is 1. The Hall–Kier alpha value is -1.86. The van der Waals surface area contributed by atoms with Crippen LogP contribution >= 0.6 is 11.8 Å². The van der Waals surface area contributed by atoms with Crippen LogP contribution < -0.4 is 0 Å². The number of hydrogen-bond donors (Lipinski definition) is 0. The van der Waals surface area contributed by atoms with Gasteiger partial charge in [-0.25, -0.2) is 0 Å². The molecule has 0 radical (unpaired) electrons. The molecule has 7 heteroatoms. The van der Waals surface area contributed by atoms with E-state index in [4.69, 9.17) is 9.47 Å². The Kier molecular flexibility index (Phi) is 6.42. The summed E-state index contributed by atoms with van der Waals surface area (Å²) in [4.78, 5) is 11.5. The van der Waals surface area contributed by atoms with Gasteiger partial charge in [0.15, 0.2) is 11.0 Å². The van der Waals surface area contributed by atoms with E-state index in [1.54, 1.807) is 14.0 Å². The van der Waals surface area contributed by atoms with Gasteiger partial charge in [0.05, 0.1) is 25.5 Å². The lowest BCUT2D eigenvalue weighted by molar-refractivity contribution is -0.139. The predicted octanol–water partition coefficient (Wildman–Crippen LogP) is 2.25. The van der Waals surface area contributed by atoms with E-state index in [9.17, 15) is 4.79 Å². The van der Waals surface area contributed by atoms with Crippen LogP contribution in [0.25, 0.3) is 11.4 Å². The van der Waals surface area contributed by atoms with E-state index in [1.165, 1.54) is 11.8 Å². The molecule has 0 atom stereocenters. The molecule has 22 heavy (non-hydrogen) atoms. The second-order valence-corrected chi connectivity index (χ2v) is 5.35. The standard InChI is InChI=1S/C15H19N3O3S/c1-3-21-13(19)11-22-15-17-16-14(18(15)9-10-20-2)12-7-5-4-6-8-12/h4-8H,3,9-11H2,1-2H3. The summed E-state index contributed by atoms with van der Waals surface area (Å²) in [7, 11) is 1.65. The molecule has 0 aliphatic heterocycles. The molecule has 0 spiro atoms. The lowest BCUT2D eigenvalue weighted by Crippen LogP contribution is -2.10. The molecule has 2 aromatic rings. The molecule has 0 saturated carbocycles. The Morgan fingerprint density at radius 1 is 1.27 bits per heavy atom. The van der Waals surface area contributed by atoms with Gasteiger partial charge in [0.25, 0.3) is 0 Å². The summed E-state index contributed by atoms with van der Waals surface area (Å²) >= 11 is 1.32. The monoisotopic (exact) mass is 321 g/mol. The van der Waals surface area contributed by atoms with Crippen molar-refractivity contribution in [3.8, 4) is 11.4 Å². The van der Waals surface area contributed by atoms with Crippen molar-refractivity contribution in [3.05, 3.63) is 30.3 Å². The maximum atomic E-state index is 11.5. The van der Waals surface area contributed by atoms with Crippen LogP contribution in [0.1, 0.15) is 6.92 Å². The normalized spacial score (nSPS) is 10.6. The molecule has 2 rings (SSSR count). The number of aromatic nitrogens is 3. The highest BCUT2D eigenvalue weighted by atomic mass is 32.2. The van der Waals surface area contributed by atoms with E-state index in [1.807, 2.05) is 34.9 Å². The van der Waals surface area contributed by atoms with E-state index >= 15 is 0 Å². The average molecular weight is 321 g/mol. The zero-order valence-electron chi connectivity index (χ0n) is 12.7. The highest BCUT2D eigenvalue weighted by Crippen LogP contribution is 2.23. The molecular weight excluding hydrogens is 302 g/mol. The molecule has 0 aliphatic rings. The lowest BCUT2D eigenvalue weighted by atomic mass is 10.2. The van der Waals surface area contributed by atoms with Crippen LogP contribution in [0, 0.1) is 0 Å². The first-order valence-electron chi connectivity index (χ1n) is 7.02. The number of hydrogen-bond acceptors (Lipinski definition) is 6. The Morgan fingerprint density at radius 3 is 2.73 bits per heavy atom. The first kappa shape index (κ1) is 16.5. The van der Waals surface area contributed by atoms with Gasteiger partial charge in [0, 0.05) is 12.7 Å². The molecule has 0 N–H and O–H groups in total. The van der Waals surface area contributed by atoms with Crippen molar-refractivity contribution in [1.29, 1.82) is 0 Å². The van der Waals surface area contributed by atoms with Gasteiger partial charge in [0.2, 0.25) is 0 Å². The van der Waals surface area contributed by atoms with Crippen molar-refractivity contribution in [3.63, 3.8) is 0 Å². The van der Waals surface area contributed by atoms with E-state index in [0.29, 0.717) is 24.9 Å². The zero-order valence-corrected chi connectivity index (χ0v) is 13.5. The molecule has 6 nitrogen and oxygen atoms in total. The van der Waals surface area contributed by atoms with Crippen molar-refractivity contribution in [2.24, 2.45) is 0 Å². The Morgan fingerprint density at radius 2 is 2.05 bits per heavy atom. The van der Waals surface area contributed by atoms with Crippen LogP contribution in [0.4, 0.5) is 0 Å². The summed E-state index contributed by atoms with van der Waals surface area (Å²) in [5.74, 6) is 0.729. The molecule has 118 valence electrons. The Bertz CT molecular complexity index is 601. The third-order valence-electron chi connectivity index (χ3n) is 2.89. The van der Waals surface area contributed by atoms with E-state index in [0.717, 1.165) is 11.4 Å². The van der Waals surface area contributed by atoms with Gasteiger partial charge >= 0.3 is 5.97 Å². The number of rotatable bonds is 8. The van der Waals surface area contributed by atoms with Crippen molar-refractivity contribution in [1.82, 2.24) is 14.8 Å². The number of benzene rings is 1. The fourth-order valence-corrected chi connectivity index (χ4v) is 2.67. The first-order valence-corrected chi connectivity index (χ1v) is 8.00. The third-order valence-corrected chi connectivity index (χ3v) is 3.83. The van der Waals surface area contributed by atoms with E-state index in [2.05, 4.69) is 10.2 Å². The maximum absolute atomic E-state index is 11.5. The number of ether oxygens (including phenoxy) is 2. The van der Waals surface area contributed by atoms with E-state index < -0.39 is 0 Å². The molecule has 0 bridgehead atoms. The van der Waals surface area contributed by atoms with Crippen LogP contribution in [-0.4, -0.2) is 46.8 Å². The average Bonchev–Trinajstić information content (AvgIpc) is 2.95. The third kappa shape index (κ3) is 4.32. The minimum absolute atomic E-state index is 0.216. The van der Waals surface area contributed by atoms with Gasteiger partial charge < -0.3 is 9.47 Å². The van der Waals surface area contributed by atoms with Crippen LogP contribution in [0.3, 0.4) is 0 Å². The molecule has 1 aromatic heterocycles. The number of nitrogens with zero attached hydrogens (tertiary/aromatic N) is 3. The highest BCUT2D eigenvalue weighted by molar-refractivity contribution is 7.99. The van der Waals surface area contributed by atoms with Gasteiger partial charge in [-0.3, -0.25) is 9.36 Å². The quantitative estimate of drug-likeness (QED) is 0.549. The number of thioether (sulfide) groups is 1. The van der Waals surface area contributed by atoms with Crippen molar-refractivity contribution < 1.29 is 14.3 Å². The SMILES string of the molecule is CCOC(=O)CSc1nnc(-c2ccccc2)n1CCOC. The first-order chi connectivity index (χ1) is 10.8. The lowest BCUT2D eigenvalue weighted by Gasteiger charge is -2.09. The number of carbonyl (C=O) groups excluding carboxylic acids is 1. The summed E-state index contributed by atoms with van der Waals surface area (Å²) in [5, 5.41) is 9.12. The van der Waals surface area contributed by atoms with Gasteiger partial charge in [-0.1, -0.05) is 42.1 Å². The molecule has 1 heterocycles. The van der Waals surface area contributed by atoms with Gasteiger partial charge in [-0.05, 0) is 6.92 Å². The maximum Gasteiger partial charge on any atom is 0.316 e. The van der Waals surface area contributed by atoms with E-state index in [-0.39, 0.29) is 11.7 Å². The molecule has 1 aromatic carbocycles. The topological polar surface area (TPSA) is 66.2 Å². The largest absolute Gasteiger partial charge is 0.465 e. The predicted molar refractivity (Wildman–Crippen MR) is 84.7 cm³/mol. The summed E-state index contributed by atoms with van der Waals surface area (Å²) in [5.41, 5.74) is 0.981. The fraction of sp³-hybridized carbons (Fsp3) is 0.400. The van der Waals surface area contributed by atoms with Crippen LogP contribution in [-0.2, 0) is 20.8 Å². The molecular formula is C15H19N3O3S. The fourth-order valence-electron chi connectivity index (χ4n) is 1.91. The zero-order chi connectivity index (χ0) is 15.8. The summed E-state index contributed by atoms with van der Waals surface area (Å²) < 4.78 is 12.0. The van der Waals surface area contributed by atoms with Gasteiger partial charge in [-0.2, -0.15) is 0 Å². The summed E-state index contributed by atoms with van der Waals surface area (Å²) in [6.07, 6.45) is 0. The number of esters is 1. The minimum Gasteiger partial charge on any atom is -0.465 e. The molecule has 0 aliphatic carbocycles. The Labute approximate surface area is 133 Å². The smallest absolute Gasteiger partial charge is 0.316 e. The second kappa shape index (κ2) is 8.55. The molecule has 0 amide bonds. The molecule has 0 saturated heterocycles. The van der Waals surface area contributed by atoms with Crippen molar-refractivity contribution in [2.45, 2.75) is 18.6 Å². The molecule has 0 fully saturated rings. The summed E-state index contributed by atoms with van der Waals surface area (Å²) in [6.45, 7) is 3.34. The van der Waals surface area contributed by atoms with Crippen LogP contribution in [0.2, 0.25) is 0 Å². The summed E-state index contributed by atoms with van der Waals surface area (Å²) in [6, 6.07) is 9.82. The highest BCUT2D eigenvalue weighted by Gasteiger charge is 2.15. The minimum atomic E-state index is -0.255. The van der Waals surface area contributed by atoms with Crippen molar-refractivity contribution >= 4 is 17.7 Å². The van der Waals surface area contributed by atoms with Gasteiger partial charge in [0.1, 0.15) is 0 Å². The molecule has 0 unspecified atom stereocenters. The van der Waals surface area contributed by atoms with Crippen molar-refractivity contribution in [2.75, 3.05) is 26.1 Å². The second-order valence-electron chi connectivity index (χ2n) is 4.41. The van der Waals surface area contributed by atoms with Gasteiger partial charge in [-0.15, -0.1) is 10.2 Å². The Balaban J connectivity index is 2.19.